The van der Waals surface area contributed by atoms with E-state index >= 15 is 0 Å². The first-order valence-corrected chi connectivity index (χ1v) is 9.33. The molecule has 1 aromatic carbocycles. The van der Waals surface area contributed by atoms with E-state index in [0.717, 1.165) is 30.4 Å². The molecule has 2 saturated carbocycles. The lowest BCUT2D eigenvalue weighted by Crippen LogP contribution is -2.51. The molecule has 3 N–H and O–H groups in total. The lowest BCUT2D eigenvalue weighted by atomic mass is 9.79. The van der Waals surface area contributed by atoms with Gasteiger partial charge >= 0.3 is 5.97 Å². The minimum atomic E-state index is -0.930. The largest absolute Gasteiger partial charge is 0.481 e. The number of hydrogen-bond acceptors (Lipinski definition) is 4. The van der Waals surface area contributed by atoms with E-state index in [9.17, 15) is 19.5 Å². The van der Waals surface area contributed by atoms with Gasteiger partial charge in [0.2, 0.25) is 5.91 Å². The summed E-state index contributed by atoms with van der Waals surface area (Å²) >= 11 is 0. The van der Waals surface area contributed by atoms with Crippen LogP contribution in [0.3, 0.4) is 0 Å². The Balaban J connectivity index is 1.55. The third-order valence-electron chi connectivity index (χ3n) is 5.69. The molecule has 146 valence electrons. The highest BCUT2D eigenvalue weighted by atomic mass is 16.5. The van der Waals surface area contributed by atoms with Gasteiger partial charge < -0.3 is 9.84 Å². The molecule has 0 aromatic heterocycles. The van der Waals surface area contributed by atoms with E-state index in [-0.39, 0.29) is 11.8 Å². The molecule has 2 aliphatic rings. The van der Waals surface area contributed by atoms with Gasteiger partial charge in [0.25, 0.3) is 5.91 Å². The quantitative estimate of drug-likeness (QED) is 0.684. The number of benzene rings is 1. The number of nitrogens with one attached hydrogen (secondary N) is 2. The number of carboxylic acids is 1. The maximum absolute atomic E-state index is 12.5. The molecule has 0 radical (unpaired) electrons. The maximum Gasteiger partial charge on any atom is 0.307 e. The first-order valence-electron chi connectivity index (χ1n) is 9.33. The Morgan fingerprint density at radius 1 is 1.04 bits per heavy atom. The molecule has 7 nitrogen and oxygen atoms in total. The van der Waals surface area contributed by atoms with E-state index in [2.05, 4.69) is 10.9 Å². The monoisotopic (exact) mass is 374 g/mol. The third kappa shape index (κ3) is 4.07. The smallest absolute Gasteiger partial charge is 0.307 e. The second-order valence-corrected chi connectivity index (χ2v) is 7.79. The maximum atomic E-state index is 12.5. The highest BCUT2D eigenvalue weighted by Crippen LogP contribution is 2.52. The van der Waals surface area contributed by atoms with Gasteiger partial charge in [0.05, 0.1) is 11.8 Å². The summed E-state index contributed by atoms with van der Waals surface area (Å²) in [6.07, 6.45) is 1.70. The van der Waals surface area contributed by atoms with E-state index < -0.39 is 35.7 Å². The Morgan fingerprint density at radius 2 is 1.63 bits per heavy atom. The van der Waals surface area contributed by atoms with Gasteiger partial charge in [-0.05, 0) is 75.1 Å². The van der Waals surface area contributed by atoms with Crippen molar-refractivity contribution in [3.05, 3.63) is 29.3 Å². The number of carbonyl (C=O) groups excluding carboxylic acids is 2. The molecule has 0 spiro atoms. The number of carbonyl (C=O) groups is 3. The van der Waals surface area contributed by atoms with Crippen molar-refractivity contribution >= 4 is 17.8 Å². The van der Waals surface area contributed by atoms with Crippen molar-refractivity contribution < 1.29 is 24.2 Å². The average Bonchev–Trinajstić information content (AvgIpc) is 3.19. The fraction of sp³-hybridized carbons (Fsp3) is 0.550. The SMILES string of the molecule is Cc1cc(C)cc(O[C@@H](C)C(=O)NNC(=O)[C@@H]2[C@@H]3CC[C@@H](C3)[C@@H]2C(=O)O)c1. The van der Waals surface area contributed by atoms with Crippen molar-refractivity contribution in [1.82, 2.24) is 10.9 Å². The zero-order valence-corrected chi connectivity index (χ0v) is 15.8. The number of hydrazine groups is 1. The summed E-state index contributed by atoms with van der Waals surface area (Å²) in [6, 6.07) is 5.68. The number of rotatable bonds is 5. The van der Waals surface area contributed by atoms with Crippen LogP contribution in [-0.4, -0.2) is 29.0 Å². The van der Waals surface area contributed by atoms with Crippen molar-refractivity contribution in [1.29, 1.82) is 0 Å². The third-order valence-corrected chi connectivity index (χ3v) is 5.69. The second-order valence-electron chi connectivity index (χ2n) is 7.79. The molecule has 1 aromatic rings. The molecule has 5 atom stereocenters. The van der Waals surface area contributed by atoms with Gasteiger partial charge in [-0.3, -0.25) is 25.2 Å². The Bertz CT molecular complexity index is 742. The van der Waals surface area contributed by atoms with Gasteiger partial charge in [-0.2, -0.15) is 0 Å². The van der Waals surface area contributed by atoms with Crippen LogP contribution in [0.5, 0.6) is 5.75 Å². The topological polar surface area (TPSA) is 105 Å². The Morgan fingerprint density at radius 3 is 2.22 bits per heavy atom. The van der Waals surface area contributed by atoms with Crippen LogP contribution in [0.2, 0.25) is 0 Å². The van der Waals surface area contributed by atoms with Crippen LogP contribution in [0.25, 0.3) is 0 Å². The average molecular weight is 374 g/mol. The molecule has 7 heteroatoms. The van der Waals surface area contributed by atoms with Crippen LogP contribution in [0.4, 0.5) is 0 Å². The van der Waals surface area contributed by atoms with E-state index in [1.165, 1.54) is 0 Å². The number of amides is 2. The molecule has 2 fully saturated rings. The fourth-order valence-corrected chi connectivity index (χ4v) is 4.59. The van der Waals surface area contributed by atoms with Gasteiger partial charge in [0.1, 0.15) is 5.75 Å². The molecule has 27 heavy (non-hydrogen) atoms. The summed E-state index contributed by atoms with van der Waals surface area (Å²) in [5, 5.41) is 9.44. The Hall–Kier alpha value is -2.57. The minimum absolute atomic E-state index is 0.0609. The number of carboxylic acid groups (broad SMARTS) is 1. The Kier molecular flexibility index (Phi) is 5.39. The molecule has 2 bridgehead atoms. The van der Waals surface area contributed by atoms with Crippen molar-refractivity contribution in [2.24, 2.45) is 23.7 Å². The summed E-state index contributed by atoms with van der Waals surface area (Å²) in [6.45, 7) is 5.48. The summed E-state index contributed by atoms with van der Waals surface area (Å²) < 4.78 is 5.65. The van der Waals surface area contributed by atoms with Gasteiger partial charge in [0.15, 0.2) is 6.10 Å². The van der Waals surface area contributed by atoms with Crippen LogP contribution < -0.4 is 15.6 Å². The number of hydrogen-bond donors (Lipinski definition) is 3. The molecule has 3 rings (SSSR count). The highest BCUT2D eigenvalue weighted by Gasteiger charge is 2.54. The van der Waals surface area contributed by atoms with Crippen LogP contribution in [0.15, 0.2) is 18.2 Å². The lowest BCUT2D eigenvalue weighted by molar-refractivity contribution is -0.150. The van der Waals surface area contributed by atoms with Gasteiger partial charge in [-0.15, -0.1) is 0 Å². The molecule has 0 aliphatic heterocycles. The van der Waals surface area contributed by atoms with Crippen molar-refractivity contribution in [3.63, 3.8) is 0 Å². The molecule has 0 saturated heterocycles. The first kappa shape index (κ1) is 19.2. The minimum Gasteiger partial charge on any atom is -0.481 e. The second kappa shape index (κ2) is 7.58. The van der Waals surface area contributed by atoms with Crippen molar-refractivity contribution in [2.45, 2.75) is 46.1 Å². The number of ether oxygens (including phenoxy) is 1. The normalized spacial score (nSPS) is 27.1. The predicted octanol–water partition coefficient (Wildman–Crippen LogP) is 1.97. The van der Waals surface area contributed by atoms with Crippen LogP contribution in [-0.2, 0) is 14.4 Å². The van der Waals surface area contributed by atoms with Gasteiger partial charge in [-0.1, -0.05) is 6.07 Å². The van der Waals surface area contributed by atoms with Crippen molar-refractivity contribution in [2.75, 3.05) is 0 Å². The summed E-state index contributed by atoms with van der Waals surface area (Å²) in [7, 11) is 0. The Labute approximate surface area is 158 Å². The van der Waals surface area contributed by atoms with E-state index in [0.29, 0.717) is 5.75 Å². The lowest BCUT2D eigenvalue weighted by Gasteiger charge is -2.27. The zero-order valence-electron chi connectivity index (χ0n) is 15.8. The molecule has 0 heterocycles. The molecule has 2 amide bonds. The van der Waals surface area contributed by atoms with E-state index in [1.54, 1.807) is 6.92 Å². The highest BCUT2D eigenvalue weighted by molar-refractivity contribution is 5.89. The molecule has 2 aliphatic carbocycles. The number of aliphatic carboxylic acids is 1. The summed E-state index contributed by atoms with van der Waals surface area (Å²) in [5.41, 5.74) is 6.83. The van der Waals surface area contributed by atoms with Gasteiger partial charge in [0, 0.05) is 0 Å². The van der Waals surface area contributed by atoms with Crippen LogP contribution in [0.1, 0.15) is 37.3 Å². The number of aryl methyl sites for hydroxylation is 2. The first-order chi connectivity index (χ1) is 12.8. The molecule has 0 unspecified atom stereocenters. The van der Waals surface area contributed by atoms with Crippen LogP contribution >= 0.6 is 0 Å². The predicted molar refractivity (Wildman–Crippen MR) is 97.7 cm³/mol. The number of fused-ring (bicyclic) bond motifs is 2. The summed E-state index contributed by atoms with van der Waals surface area (Å²) in [5.74, 6) is -2.37. The fourth-order valence-electron chi connectivity index (χ4n) is 4.59. The molecular formula is C20H26N2O5. The molecular weight excluding hydrogens is 348 g/mol. The van der Waals surface area contributed by atoms with Gasteiger partial charge in [-0.25, -0.2) is 0 Å². The van der Waals surface area contributed by atoms with Crippen molar-refractivity contribution in [3.8, 4) is 5.75 Å². The van der Waals surface area contributed by atoms with Crippen LogP contribution in [0, 0.1) is 37.5 Å². The zero-order chi connectivity index (χ0) is 19.7. The van der Waals surface area contributed by atoms with E-state index in [4.69, 9.17) is 4.74 Å². The standard InChI is InChI=1S/C20H26N2O5/c1-10-6-11(2)8-15(7-10)27-12(3)18(23)21-22-19(24)16-13-4-5-14(9-13)17(16)20(25)26/h6-8,12-14,16-17H,4-5,9H2,1-3H3,(H,21,23)(H,22,24)(H,25,26)/t12-,13+,14-,16+,17-/m0/s1. The van der Waals surface area contributed by atoms with E-state index in [1.807, 2.05) is 32.0 Å². The summed E-state index contributed by atoms with van der Waals surface area (Å²) in [4.78, 5) is 36.3.